The van der Waals surface area contributed by atoms with Gasteiger partial charge >= 0.3 is 0 Å². The monoisotopic (exact) mass is 336 g/mol. The summed E-state index contributed by atoms with van der Waals surface area (Å²) in [6.07, 6.45) is 2.06. The van der Waals surface area contributed by atoms with E-state index in [0.717, 1.165) is 37.1 Å². The van der Waals surface area contributed by atoms with Crippen LogP contribution < -0.4 is 10.6 Å². The molecule has 0 spiro atoms. The van der Waals surface area contributed by atoms with Crippen LogP contribution >= 0.6 is 0 Å². The van der Waals surface area contributed by atoms with Crippen LogP contribution in [0, 0.1) is 0 Å². The maximum atomic E-state index is 9.36. The summed E-state index contributed by atoms with van der Waals surface area (Å²) in [7, 11) is 0. The lowest BCUT2D eigenvalue weighted by Gasteiger charge is -2.32. The highest BCUT2D eigenvalue weighted by molar-refractivity contribution is 5.63. The van der Waals surface area contributed by atoms with Crippen LogP contribution in [-0.2, 0) is 0 Å². The number of phenols is 1. The Labute approximate surface area is 145 Å². The van der Waals surface area contributed by atoms with Gasteiger partial charge in [-0.2, -0.15) is 4.98 Å². The summed E-state index contributed by atoms with van der Waals surface area (Å²) in [6, 6.07) is 15.2. The maximum Gasteiger partial charge on any atom is 0.258 e. The third-order valence-electron chi connectivity index (χ3n) is 4.57. The van der Waals surface area contributed by atoms with Gasteiger partial charge in [0.15, 0.2) is 0 Å². The summed E-state index contributed by atoms with van der Waals surface area (Å²) >= 11 is 0. The van der Waals surface area contributed by atoms with Gasteiger partial charge in [-0.25, -0.2) is 0 Å². The fourth-order valence-corrected chi connectivity index (χ4v) is 3.04. The van der Waals surface area contributed by atoms with Crippen LogP contribution in [0.1, 0.15) is 12.8 Å². The Kier molecular flexibility index (Phi) is 4.11. The number of aromatic hydroxyl groups is 1. The summed E-state index contributed by atoms with van der Waals surface area (Å²) in [5.74, 6) is 1.19. The number of nitrogens with zero attached hydrogens (tertiary/aromatic N) is 3. The zero-order valence-corrected chi connectivity index (χ0v) is 13.8. The summed E-state index contributed by atoms with van der Waals surface area (Å²) in [5.41, 5.74) is 8.84. The lowest BCUT2D eigenvalue weighted by atomic mass is 10.1. The van der Waals surface area contributed by atoms with Gasteiger partial charge in [0.05, 0.1) is 0 Å². The normalized spacial score (nSPS) is 15.5. The molecule has 3 N–H and O–H groups in total. The molecule has 0 amide bonds. The predicted molar refractivity (Wildman–Crippen MR) is 96.3 cm³/mol. The minimum atomic E-state index is 0.206. The molecule has 0 unspecified atom stereocenters. The van der Waals surface area contributed by atoms with Crippen LogP contribution in [-0.4, -0.2) is 34.4 Å². The fourth-order valence-electron chi connectivity index (χ4n) is 3.04. The first-order valence-electron chi connectivity index (χ1n) is 8.43. The molecule has 128 valence electrons. The van der Waals surface area contributed by atoms with Crippen molar-refractivity contribution in [3.05, 3.63) is 48.5 Å². The highest BCUT2D eigenvalue weighted by Gasteiger charge is 2.17. The first kappa shape index (κ1) is 15.7. The number of nitrogens with two attached hydrogens (primary N) is 1. The van der Waals surface area contributed by atoms with E-state index in [1.54, 1.807) is 24.3 Å². The van der Waals surface area contributed by atoms with E-state index >= 15 is 0 Å². The third kappa shape index (κ3) is 3.34. The van der Waals surface area contributed by atoms with E-state index in [2.05, 4.69) is 27.2 Å². The molecule has 6 heteroatoms. The summed E-state index contributed by atoms with van der Waals surface area (Å²) in [5, 5.41) is 13.4. The Morgan fingerprint density at radius 2 is 1.60 bits per heavy atom. The van der Waals surface area contributed by atoms with Crippen LogP contribution in [0.3, 0.4) is 0 Å². The SMILES string of the molecule is NC1CCN(c2ccc(-c3noc(-c4ccc(O)cc4)n3)cc2)CC1. The summed E-state index contributed by atoms with van der Waals surface area (Å²) in [6.45, 7) is 1.99. The third-order valence-corrected chi connectivity index (χ3v) is 4.57. The topological polar surface area (TPSA) is 88.4 Å². The number of phenolic OH excluding ortho intramolecular Hbond substituents is 1. The van der Waals surface area contributed by atoms with Crippen molar-refractivity contribution in [2.24, 2.45) is 5.73 Å². The molecule has 1 saturated heterocycles. The Balaban J connectivity index is 1.51. The smallest absolute Gasteiger partial charge is 0.258 e. The van der Waals surface area contributed by atoms with Gasteiger partial charge in [0.2, 0.25) is 5.82 Å². The van der Waals surface area contributed by atoms with Crippen molar-refractivity contribution in [1.29, 1.82) is 0 Å². The molecule has 0 aliphatic carbocycles. The number of hydrogen-bond donors (Lipinski definition) is 2. The number of piperidine rings is 1. The van der Waals surface area contributed by atoms with Gasteiger partial charge in [-0.15, -0.1) is 0 Å². The second kappa shape index (κ2) is 6.57. The van der Waals surface area contributed by atoms with Crippen LogP contribution in [0.4, 0.5) is 5.69 Å². The van der Waals surface area contributed by atoms with E-state index in [1.165, 1.54) is 5.69 Å². The van der Waals surface area contributed by atoms with Crippen molar-refractivity contribution >= 4 is 5.69 Å². The van der Waals surface area contributed by atoms with Gasteiger partial charge in [-0.05, 0) is 61.4 Å². The summed E-state index contributed by atoms with van der Waals surface area (Å²) < 4.78 is 5.34. The largest absolute Gasteiger partial charge is 0.508 e. The number of hydrogen-bond acceptors (Lipinski definition) is 6. The van der Waals surface area contributed by atoms with Gasteiger partial charge in [0, 0.05) is 35.9 Å². The van der Waals surface area contributed by atoms with Crippen molar-refractivity contribution in [2.75, 3.05) is 18.0 Å². The average molecular weight is 336 g/mol. The van der Waals surface area contributed by atoms with Crippen molar-refractivity contribution in [3.8, 4) is 28.6 Å². The molecule has 2 aromatic carbocycles. The fraction of sp³-hybridized carbons (Fsp3) is 0.263. The molecular formula is C19H20N4O2. The molecule has 1 aromatic heterocycles. The standard InChI is InChI=1S/C19H20N4O2/c20-15-9-11-23(12-10-15)16-5-1-13(2-6-16)18-21-19(25-22-18)14-3-7-17(24)8-4-14/h1-8,15,24H,9-12,20H2. The first-order chi connectivity index (χ1) is 12.2. The average Bonchev–Trinajstić information content (AvgIpc) is 3.13. The number of benzene rings is 2. The molecule has 3 aromatic rings. The molecule has 0 atom stereocenters. The highest BCUT2D eigenvalue weighted by Crippen LogP contribution is 2.26. The maximum absolute atomic E-state index is 9.36. The minimum absolute atomic E-state index is 0.206. The molecular weight excluding hydrogens is 316 g/mol. The van der Waals surface area contributed by atoms with E-state index in [4.69, 9.17) is 10.3 Å². The second-order valence-corrected chi connectivity index (χ2v) is 6.34. The van der Waals surface area contributed by atoms with Crippen LogP contribution in [0.25, 0.3) is 22.8 Å². The molecule has 0 radical (unpaired) electrons. The van der Waals surface area contributed by atoms with Crippen LogP contribution in [0.5, 0.6) is 5.75 Å². The lowest BCUT2D eigenvalue weighted by molar-refractivity contribution is 0.432. The lowest BCUT2D eigenvalue weighted by Crippen LogP contribution is -2.39. The highest BCUT2D eigenvalue weighted by atomic mass is 16.5. The van der Waals surface area contributed by atoms with Crippen molar-refractivity contribution in [1.82, 2.24) is 10.1 Å². The Hall–Kier alpha value is -2.86. The van der Waals surface area contributed by atoms with Crippen molar-refractivity contribution in [2.45, 2.75) is 18.9 Å². The predicted octanol–water partition coefficient (Wildman–Crippen LogP) is 3.04. The first-order valence-corrected chi connectivity index (χ1v) is 8.43. The molecule has 25 heavy (non-hydrogen) atoms. The zero-order valence-electron chi connectivity index (χ0n) is 13.8. The van der Waals surface area contributed by atoms with E-state index < -0.39 is 0 Å². The molecule has 1 aliphatic rings. The second-order valence-electron chi connectivity index (χ2n) is 6.34. The minimum Gasteiger partial charge on any atom is -0.508 e. The van der Waals surface area contributed by atoms with Gasteiger partial charge in [0.25, 0.3) is 5.89 Å². The Morgan fingerprint density at radius 3 is 2.28 bits per heavy atom. The molecule has 1 fully saturated rings. The van der Waals surface area contributed by atoms with Gasteiger partial charge in [-0.3, -0.25) is 0 Å². The van der Waals surface area contributed by atoms with Gasteiger partial charge < -0.3 is 20.3 Å². The van der Waals surface area contributed by atoms with Gasteiger partial charge in [0.1, 0.15) is 5.75 Å². The summed E-state index contributed by atoms with van der Waals surface area (Å²) in [4.78, 5) is 6.80. The van der Waals surface area contributed by atoms with E-state index in [-0.39, 0.29) is 5.75 Å². The Bertz CT molecular complexity index is 835. The van der Waals surface area contributed by atoms with E-state index in [0.29, 0.717) is 17.8 Å². The number of rotatable bonds is 3. The van der Waals surface area contributed by atoms with E-state index in [1.807, 2.05) is 12.1 Å². The quantitative estimate of drug-likeness (QED) is 0.764. The molecule has 6 nitrogen and oxygen atoms in total. The van der Waals surface area contributed by atoms with Crippen molar-refractivity contribution in [3.63, 3.8) is 0 Å². The Morgan fingerprint density at radius 1 is 0.960 bits per heavy atom. The van der Waals surface area contributed by atoms with Gasteiger partial charge in [-0.1, -0.05) is 5.16 Å². The molecule has 2 heterocycles. The number of anilines is 1. The number of aromatic nitrogens is 2. The zero-order chi connectivity index (χ0) is 17.2. The molecule has 0 bridgehead atoms. The van der Waals surface area contributed by atoms with Crippen LogP contribution in [0.2, 0.25) is 0 Å². The van der Waals surface area contributed by atoms with E-state index in [9.17, 15) is 5.11 Å². The molecule has 4 rings (SSSR count). The van der Waals surface area contributed by atoms with Crippen molar-refractivity contribution < 1.29 is 9.63 Å². The molecule has 0 saturated carbocycles. The van der Waals surface area contributed by atoms with Crippen LogP contribution in [0.15, 0.2) is 53.1 Å². The molecule has 1 aliphatic heterocycles.